The third kappa shape index (κ3) is 2.21. The summed E-state index contributed by atoms with van der Waals surface area (Å²) in [5.41, 5.74) is 1.07. The first-order valence-corrected chi connectivity index (χ1v) is 6.52. The summed E-state index contributed by atoms with van der Waals surface area (Å²) >= 11 is 1.31. The topological polar surface area (TPSA) is 40.5 Å². The van der Waals surface area contributed by atoms with E-state index in [0.717, 1.165) is 24.7 Å². The van der Waals surface area contributed by atoms with Crippen molar-refractivity contribution in [1.82, 2.24) is 0 Å². The molecule has 4 heteroatoms. The Balaban J connectivity index is 2.09. The molecule has 0 radical (unpaired) electrons. The number of thiophene rings is 1. The summed E-state index contributed by atoms with van der Waals surface area (Å²) < 4.78 is 0. The number of hydrogen-bond acceptors (Lipinski definition) is 3. The monoisotopic (exact) mass is 239 g/mol. The molecule has 88 valence electrons. The number of aromatic carboxylic acids is 1. The van der Waals surface area contributed by atoms with Gasteiger partial charge in [0.25, 0.3) is 0 Å². The van der Waals surface area contributed by atoms with E-state index in [1.807, 2.05) is 5.38 Å². The van der Waals surface area contributed by atoms with Crippen LogP contribution < -0.4 is 4.90 Å². The third-order valence-electron chi connectivity index (χ3n) is 3.50. The first-order valence-electron chi connectivity index (χ1n) is 5.64. The quantitative estimate of drug-likeness (QED) is 0.862. The third-order valence-corrected chi connectivity index (χ3v) is 4.40. The van der Waals surface area contributed by atoms with Crippen LogP contribution in [0.2, 0.25) is 0 Å². The number of carboxylic acids is 1. The molecular weight excluding hydrogens is 222 g/mol. The minimum Gasteiger partial charge on any atom is -0.477 e. The maximum absolute atomic E-state index is 10.8. The molecule has 0 aliphatic carbocycles. The smallest absolute Gasteiger partial charge is 0.345 e. The second-order valence-electron chi connectivity index (χ2n) is 4.66. The van der Waals surface area contributed by atoms with Gasteiger partial charge in [0.15, 0.2) is 0 Å². The van der Waals surface area contributed by atoms with Crippen LogP contribution in [0.25, 0.3) is 0 Å². The summed E-state index contributed by atoms with van der Waals surface area (Å²) in [6, 6.07) is 1.79. The molecule has 3 nitrogen and oxygen atoms in total. The molecule has 16 heavy (non-hydrogen) atoms. The Kier molecular flexibility index (Phi) is 3.19. The zero-order valence-corrected chi connectivity index (χ0v) is 10.5. The molecule has 0 saturated carbocycles. The van der Waals surface area contributed by atoms with Gasteiger partial charge in [0.2, 0.25) is 0 Å². The Morgan fingerprint density at radius 3 is 2.81 bits per heavy atom. The van der Waals surface area contributed by atoms with Gasteiger partial charge >= 0.3 is 5.97 Å². The van der Waals surface area contributed by atoms with Crippen molar-refractivity contribution in [3.8, 4) is 0 Å². The summed E-state index contributed by atoms with van der Waals surface area (Å²) in [6.45, 7) is 6.64. The van der Waals surface area contributed by atoms with Gasteiger partial charge in [0.05, 0.1) is 0 Å². The van der Waals surface area contributed by atoms with Crippen molar-refractivity contribution in [3.63, 3.8) is 0 Å². The van der Waals surface area contributed by atoms with Crippen LogP contribution in [0.15, 0.2) is 11.4 Å². The normalized spacial score (nSPS) is 25.8. The fourth-order valence-corrected chi connectivity index (χ4v) is 2.86. The maximum Gasteiger partial charge on any atom is 0.345 e. The van der Waals surface area contributed by atoms with Gasteiger partial charge in [-0.15, -0.1) is 11.3 Å². The van der Waals surface area contributed by atoms with E-state index in [-0.39, 0.29) is 0 Å². The molecule has 0 bridgehead atoms. The predicted molar refractivity (Wildman–Crippen MR) is 66.4 cm³/mol. The number of nitrogens with zero attached hydrogens (tertiary/aromatic N) is 1. The van der Waals surface area contributed by atoms with Gasteiger partial charge in [-0.1, -0.05) is 13.8 Å². The molecule has 1 aliphatic rings. The van der Waals surface area contributed by atoms with Gasteiger partial charge in [-0.05, 0) is 24.3 Å². The van der Waals surface area contributed by atoms with Crippen LogP contribution in [0.4, 0.5) is 5.69 Å². The standard InChI is InChI=1S/C12H17NO2S/c1-8-3-4-13(6-9(8)2)10-5-11(12(14)15)16-7-10/h5,7-9H,3-4,6H2,1-2H3,(H,14,15). The molecule has 2 heterocycles. The molecule has 2 unspecified atom stereocenters. The lowest BCUT2D eigenvalue weighted by atomic mass is 9.88. The summed E-state index contributed by atoms with van der Waals surface area (Å²) in [6.07, 6.45) is 1.19. The molecule has 1 aromatic rings. The van der Waals surface area contributed by atoms with Gasteiger partial charge in [0.1, 0.15) is 4.88 Å². The first-order chi connectivity index (χ1) is 7.58. The molecule has 1 N–H and O–H groups in total. The highest BCUT2D eigenvalue weighted by molar-refractivity contribution is 7.12. The van der Waals surface area contributed by atoms with E-state index in [0.29, 0.717) is 10.8 Å². The second kappa shape index (κ2) is 4.45. The molecular formula is C12H17NO2S. The van der Waals surface area contributed by atoms with Gasteiger partial charge in [-0.25, -0.2) is 4.79 Å². The molecule has 1 aliphatic heterocycles. The minimum absolute atomic E-state index is 0.432. The van der Waals surface area contributed by atoms with Crippen LogP contribution in [0.1, 0.15) is 29.9 Å². The number of rotatable bonds is 2. The van der Waals surface area contributed by atoms with Crippen molar-refractivity contribution in [1.29, 1.82) is 0 Å². The van der Waals surface area contributed by atoms with E-state index in [1.54, 1.807) is 6.07 Å². The molecule has 0 amide bonds. The lowest BCUT2D eigenvalue weighted by Gasteiger charge is -2.36. The SMILES string of the molecule is CC1CCN(c2csc(C(=O)O)c2)CC1C. The number of anilines is 1. The molecule has 0 spiro atoms. The van der Waals surface area contributed by atoms with Crippen LogP contribution in [0.3, 0.4) is 0 Å². The van der Waals surface area contributed by atoms with Crippen LogP contribution in [0, 0.1) is 11.8 Å². The van der Waals surface area contributed by atoms with Gasteiger partial charge in [-0.3, -0.25) is 0 Å². The van der Waals surface area contributed by atoms with Crippen molar-refractivity contribution in [2.75, 3.05) is 18.0 Å². The molecule has 1 saturated heterocycles. The van der Waals surface area contributed by atoms with E-state index in [2.05, 4.69) is 18.7 Å². The Hall–Kier alpha value is -1.03. The van der Waals surface area contributed by atoms with E-state index in [4.69, 9.17) is 5.11 Å². The van der Waals surface area contributed by atoms with Crippen LogP contribution in [-0.2, 0) is 0 Å². The summed E-state index contributed by atoms with van der Waals surface area (Å²) in [7, 11) is 0. The average Bonchev–Trinajstić information content (AvgIpc) is 2.71. The molecule has 2 atom stereocenters. The highest BCUT2D eigenvalue weighted by atomic mass is 32.1. The maximum atomic E-state index is 10.8. The molecule has 1 aromatic heterocycles. The number of carbonyl (C=O) groups is 1. The van der Waals surface area contributed by atoms with Crippen LogP contribution in [0.5, 0.6) is 0 Å². The van der Waals surface area contributed by atoms with E-state index >= 15 is 0 Å². The zero-order chi connectivity index (χ0) is 11.7. The van der Waals surface area contributed by atoms with Gasteiger partial charge in [0, 0.05) is 24.2 Å². The highest BCUT2D eigenvalue weighted by Gasteiger charge is 2.23. The minimum atomic E-state index is -0.824. The average molecular weight is 239 g/mol. The highest BCUT2D eigenvalue weighted by Crippen LogP contribution is 2.29. The Morgan fingerprint density at radius 2 is 2.25 bits per heavy atom. The fourth-order valence-electron chi connectivity index (χ4n) is 2.10. The van der Waals surface area contributed by atoms with Crippen molar-refractivity contribution in [2.24, 2.45) is 11.8 Å². The summed E-state index contributed by atoms with van der Waals surface area (Å²) in [5.74, 6) is 0.630. The van der Waals surface area contributed by atoms with Crippen molar-refractivity contribution in [3.05, 3.63) is 16.3 Å². The summed E-state index contributed by atoms with van der Waals surface area (Å²) in [5, 5.41) is 10.8. The van der Waals surface area contributed by atoms with E-state index in [9.17, 15) is 4.79 Å². The Labute approximate surface area is 99.7 Å². The Morgan fingerprint density at radius 1 is 1.50 bits per heavy atom. The lowest BCUT2D eigenvalue weighted by molar-refractivity contribution is 0.0702. The lowest BCUT2D eigenvalue weighted by Crippen LogP contribution is -2.38. The van der Waals surface area contributed by atoms with Gasteiger partial charge < -0.3 is 10.0 Å². The second-order valence-corrected chi connectivity index (χ2v) is 5.57. The van der Waals surface area contributed by atoms with Crippen molar-refractivity contribution in [2.45, 2.75) is 20.3 Å². The van der Waals surface area contributed by atoms with Crippen molar-refractivity contribution < 1.29 is 9.90 Å². The van der Waals surface area contributed by atoms with Crippen LogP contribution in [-0.4, -0.2) is 24.2 Å². The molecule has 2 rings (SSSR count). The molecule has 0 aromatic carbocycles. The zero-order valence-electron chi connectivity index (χ0n) is 9.64. The largest absolute Gasteiger partial charge is 0.477 e. The Bertz CT molecular complexity index is 388. The molecule has 1 fully saturated rings. The van der Waals surface area contributed by atoms with E-state index < -0.39 is 5.97 Å². The predicted octanol–water partition coefficient (Wildman–Crippen LogP) is 2.93. The number of hydrogen-bond donors (Lipinski definition) is 1. The fraction of sp³-hybridized carbons (Fsp3) is 0.583. The first kappa shape index (κ1) is 11.5. The number of carboxylic acid groups (broad SMARTS) is 1. The number of piperidine rings is 1. The van der Waals surface area contributed by atoms with Crippen LogP contribution >= 0.6 is 11.3 Å². The van der Waals surface area contributed by atoms with Gasteiger partial charge in [-0.2, -0.15) is 0 Å². The summed E-state index contributed by atoms with van der Waals surface area (Å²) in [4.78, 5) is 13.5. The van der Waals surface area contributed by atoms with Crippen molar-refractivity contribution >= 4 is 23.0 Å². The van der Waals surface area contributed by atoms with E-state index in [1.165, 1.54) is 17.8 Å².